The molecule has 0 saturated carbocycles. The molecule has 52 valence electrons. The molecule has 3 heteroatoms. The van der Waals surface area contributed by atoms with Crippen molar-refractivity contribution in [1.29, 1.82) is 0 Å². The number of hydrogen-bond acceptors (Lipinski definition) is 2. The first kappa shape index (κ1) is 6.55. The monoisotopic (exact) mass is 128 g/mol. The van der Waals surface area contributed by atoms with Gasteiger partial charge in [-0.2, -0.15) is 0 Å². The quantitative estimate of drug-likeness (QED) is 0.491. The van der Waals surface area contributed by atoms with Crippen LogP contribution in [0.15, 0.2) is 0 Å². The second-order valence-electron chi connectivity index (χ2n) is 2.53. The van der Waals surface area contributed by atoms with Crippen molar-refractivity contribution in [3.05, 3.63) is 0 Å². The fourth-order valence-corrected chi connectivity index (χ4v) is 1.16. The fourth-order valence-electron chi connectivity index (χ4n) is 1.16. The van der Waals surface area contributed by atoms with Crippen LogP contribution in [0.3, 0.4) is 0 Å². The van der Waals surface area contributed by atoms with Gasteiger partial charge in [0.15, 0.2) is 0 Å². The molecular weight excluding hydrogens is 116 g/mol. The van der Waals surface area contributed by atoms with Crippen LogP contribution in [-0.4, -0.2) is 25.0 Å². The van der Waals surface area contributed by atoms with Crippen molar-refractivity contribution in [2.75, 3.05) is 6.54 Å². The van der Waals surface area contributed by atoms with E-state index in [1.807, 2.05) is 0 Å². The lowest BCUT2D eigenvalue weighted by atomic mass is 10.2. The van der Waals surface area contributed by atoms with E-state index in [2.05, 4.69) is 17.6 Å². The van der Waals surface area contributed by atoms with Gasteiger partial charge in [-0.3, -0.25) is 4.79 Å². The Morgan fingerprint density at radius 1 is 1.78 bits per heavy atom. The van der Waals surface area contributed by atoms with Gasteiger partial charge in [0.2, 0.25) is 6.41 Å². The van der Waals surface area contributed by atoms with Gasteiger partial charge in [0.25, 0.3) is 0 Å². The molecule has 1 aliphatic rings. The van der Waals surface area contributed by atoms with Gasteiger partial charge in [0.05, 0.1) is 0 Å². The number of rotatable bonds is 2. The molecule has 1 rings (SSSR count). The summed E-state index contributed by atoms with van der Waals surface area (Å²) in [6, 6.07) is 0.917. The number of carbonyl (C=O) groups is 1. The Hall–Kier alpha value is -0.570. The minimum Gasteiger partial charge on any atom is -0.355 e. The molecule has 0 aromatic heterocycles. The number of carbonyl (C=O) groups excluding carboxylic acids is 1. The van der Waals surface area contributed by atoms with Crippen molar-refractivity contribution >= 4 is 6.41 Å². The summed E-state index contributed by atoms with van der Waals surface area (Å²) in [5.74, 6) is 0. The van der Waals surface area contributed by atoms with Gasteiger partial charge in [-0.25, -0.2) is 0 Å². The van der Waals surface area contributed by atoms with E-state index in [0.29, 0.717) is 12.1 Å². The Bertz CT molecular complexity index is 105. The minimum atomic E-state index is 0.359. The Labute approximate surface area is 54.8 Å². The molecule has 1 amide bonds. The maximum absolute atomic E-state index is 9.93. The number of nitrogens with one attached hydrogen (secondary N) is 2. The summed E-state index contributed by atoms with van der Waals surface area (Å²) in [6.45, 7) is 3.03. The molecule has 0 bridgehead atoms. The van der Waals surface area contributed by atoms with Gasteiger partial charge in [0.1, 0.15) is 0 Å². The summed E-state index contributed by atoms with van der Waals surface area (Å²) in [4.78, 5) is 9.93. The van der Waals surface area contributed by atoms with Crippen LogP contribution in [0.25, 0.3) is 0 Å². The van der Waals surface area contributed by atoms with Crippen molar-refractivity contribution in [1.82, 2.24) is 10.6 Å². The number of hydrogen-bond donors (Lipinski definition) is 2. The molecule has 1 saturated heterocycles. The first-order valence-electron chi connectivity index (χ1n) is 3.26. The number of amides is 1. The molecule has 2 unspecified atom stereocenters. The predicted molar refractivity (Wildman–Crippen MR) is 35.1 cm³/mol. The van der Waals surface area contributed by atoms with Gasteiger partial charge in [0, 0.05) is 18.6 Å². The molecule has 9 heavy (non-hydrogen) atoms. The van der Waals surface area contributed by atoms with E-state index in [9.17, 15) is 4.79 Å². The van der Waals surface area contributed by atoms with Crippen molar-refractivity contribution in [2.24, 2.45) is 0 Å². The van der Waals surface area contributed by atoms with E-state index < -0.39 is 0 Å². The highest BCUT2D eigenvalue weighted by atomic mass is 16.1. The first-order chi connectivity index (χ1) is 4.33. The van der Waals surface area contributed by atoms with Crippen molar-refractivity contribution < 1.29 is 4.79 Å². The summed E-state index contributed by atoms with van der Waals surface area (Å²) >= 11 is 0. The van der Waals surface area contributed by atoms with Crippen LogP contribution in [0.2, 0.25) is 0 Å². The summed E-state index contributed by atoms with van der Waals surface area (Å²) < 4.78 is 0. The highest BCUT2D eigenvalue weighted by molar-refractivity contribution is 5.46. The molecule has 2 atom stereocenters. The van der Waals surface area contributed by atoms with Gasteiger partial charge in [-0.1, -0.05) is 0 Å². The van der Waals surface area contributed by atoms with Gasteiger partial charge < -0.3 is 10.6 Å². The van der Waals surface area contributed by atoms with Crippen LogP contribution in [0.5, 0.6) is 0 Å². The molecular formula is C6H12N2O. The molecule has 0 aromatic rings. The third kappa shape index (κ3) is 1.68. The Kier molecular flexibility index (Phi) is 2.05. The van der Waals surface area contributed by atoms with E-state index >= 15 is 0 Å². The zero-order valence-electron chi connectivity index (χ0n) is 5.55. The van der Waals surface area contributed by atoms with Crippen molar-refractivity contribution in [3.63, 3.8) is 0 Å². The molecule has 1 fully saturated rings. The fraction of sp³-hybridized carbons (Fsp3) is 0.833. The van der Waals surface area contributed by atoms with Crippen LogP contribution in [0, 0.1) is 0 Å². The lowest BCUT2D eigenvalue weighted by molar-refractivity contribution is -0.110. The normalized spacial score (nSPS) is 34.3. The van der Waals surface area contributed by atoms with E-state index in [4.69, 9.17) is 0 Å². The summed E-state index contributed by atoms with van der Waals surface area (Å²) in [7, 11) is 0. The average molecular weight is 128 g/mol. The van der Waals surface area contributed by atoms with Crippen molar-refractivity contribution in [3.8, 4) is 0 Å². The maximum Gasteiger partial charge on any atom is 0.207 e. The summed E-state index contributed by atoms with van der Waals surface area (Å²) in [6.07, 6.45) is 1.82. The summed E-state index contributed by atoms with van der Waals surface area (Å²) in [5.41, 5.74) is 0. The van der Waals surface area contributed by atoms with Gasteiger partial charge in [-0.05, 0) is 13.3 Å². The standard InChI is InChI=1S/C6H12N2O/c1-5-2-6(3-7-5)8-4-9/h4-7H,2-3H2,1H3,(H,8,9). The van der Waals surface area contributed by atoms with Crippen LogP contribution >= 0.6 is 0 Å². The molecule has 1 aliphatic heterocycles. The Morgan fingerprint density at radius 3 is 3.00 bits per heavy atom. The SMILES string of the molecule is CC1CC(NC=O)CN1. The largest absolute Gasteiger partial charge is 0.355 e. The molecule has 3 nitrogen and oxygen atoms in total. The Morgan fingerprint density at radius 2 is 2.56 bits per heavy atom. The predicted octanol–water partition coefficient (Wildman–Crippen LogP) is -0.517. The van der Waals surface area contributed by atoms with Crippen LogP contribution in [0.4, 0.5) is 0 Å². The van der Waals surface area contributed by atoms with Crippen molar-refractivity contribution in [2.45, 2.75) is 25.4 Å². The highest BCUT2D eigenvalue weighted by Crippen LogP contribution is 2.03. The van der Waals surface area contributed by atoms with Gasteiger partial charge in [-0.15, -0.1) is 0 Å². The summed E-state index contributed by atoms with van der Waals surface area (Å²) in [5, 5.41) is 5.96. The minimum absolute atomic E-state index is 0.359. The topological polar surface area (TPSA) is 41.1 Å². The third-order valence-corrected chi connectivity index (χ3v) is 1.65. The highest BCUT2D eigenvalue weighted by Gasteiger charge is 2.18. The molecule has 0 spiro atoms. The first-order valence-corrected chi connectivity index (χ1v) is 3.26. The lowest BCUT2D eigenvalue weighted by Gasteiger charge is -2.03. The second kappa shape index (κ2) is 2.82. The van der Waals surface area contributed by atoms with E-state index in [1.54, 1.807) is 0 Å². The second-order valence-corrected chi connectivity index (χ2v) is 2.53. The van der Waals surface area contributed by atoms with Crippen LogP contribution < -0.4 is 10.6 Å². The molecule has 2 N–H and O–H groups in total. The average Bonchev–Trinajstić information content (AvgIpc) is 2.17. The zero-order valence-corrected chi connectivity index (χ0v) is 5.55. The zero-order chi connectivity index (χ0) is 6.69. The third-order valence-electron chi connectivity index (χ3n) is 1.65. The van der Waals surface area contributed by atoms with E-state index in [1.165, 1.54) is 0 Å². The molecule has 0 aliphatic carbocycles. The van der Waals surface area contributed by atoms with E-state index in [-0.39, 0.29) is 0 Å². The van der Waals surface area contributed by atoms with Gasteiger partial charge >= 0.3 is 0 Å². The lowest BCUT2D eigenvalue weighted by Crippen LogP contribution is -2.29. The maximum atomic E-state index is 9.93. The van der Waals surface area contributed by atoms with Crippen LogP contribution in [0.1, 0.15) is 13.3 Å². The molecule has 0 aromatic carbocycles. The van der Waals surface area contributed by atoms with Crippen LogP contribution in [-0.2, 0) is 4.79 Å². The van der Waals surface area contributed by atoms with E-state index in [0.717, 1.165) is 19.4 Å². The smallest absolute Gasteiger partial charge is 0.207 e. The molecule has 0 radical (unpaired) electrons. The Balaban J connectivity index is 2.21. The molecule has 1 heterocycles.